The Kier molecular flexibility index (Phi) is 6.19. The van der Waals surface area contributed by atoms with E-state index in [4.69, 9.17) is 19.4 Å². The Labute approximate surface area is 217 Å². The van der Waals surface area contributed by atoms with Crippen LogP contribution in [0.1, 0.15) is 44.7 Å². The second-order valence-corrected chi connectivity index (χ2v) is 10.9. The first-order chi connectivity index (χ1) is 17.2. The number of nitrogens with zero attached hydrogens (tertiary/aromatic N) is 4. The molecule has 2 aromatic heterocycles. The quantitative estimate of drug-likeness (QED) is 0.356. The number of hydrazine groups is 2. The second kappa shape index (κ2) is 9.19. The first kappa shape index (κ1) is 24.2. The van der Waals surface area contributed by atoms with E-state index in [-0.39, 0.29) is 5.41 Å². The standard InChI is InChI=1S/C26H28BClN8/c1-25(2,3)15-32-23-16(11-29)12-31-24-20(23)9-18(10-21(24)28)33-26(27,17-5-4-8-30-13-17)22-14-36(35-34-22)19-6-7-19/h4-5,8-10,12-14,19,33-35H,6-7,15H2,1-3H3,(H,31,32). The van der Waals surface area contributed by atoms with E-state index in [1.807, 2.05) is 29.4 Å². The Morgan fingerprint density at radius 1 is 1.28 bits per heavy atom. The van der Waals surface area contributed by atoms with Crippen molar-refractivity contribution in [3.8, 4) is 6.07 Å². The molecule has 4 N–H and O–H groups in total. The normalized spacial score (nSPS) is 17.2. The number of fused-ring (bicyclic) bond motifs is 1. The lowest BCUT2D eigenvalue weighted by molar-refractivity contribution is 0.260. The van der Waals surface area contributed by atoms with Gasteiger partial charge < -0.3 is 16.1 Å². The fourth-order valence-electron chi connectivity index (χ4n) is 4.16. The van der Waals surface area contributed by atoms with E-state index < -0.39 is 5.44 Å². The topological polar surface area (TPSA) is 101 Å². The summed E-state index contributed by atoms with van der Waals surface area (Å²) in [6, 6.07) is 10.2. The lowest BCUT2D eigenvalue weighted by Gasteiger charge is -2.34. The highest BCUT2D eigenvalue weighted by atomic mass is 35.5. The summed E-state index contributed by atoms with van der Waals surface area (Å²) >= 11 is 6.71. The molecule has 1 unspecified atom stereocenters. The highest BCUT2D eigenvalue weighted by Gasteiger charge is 2.38. The van der Waals surface area contributed by atoms with E-state index in [0.717, 1.165) is 29.5 Å². The van der Waals surface area contributed by atoms with Crippen molar-refractivity contribution >= 4 is 41.7 Å². The molecule has 3 aromatic rings. The van der Waals surface area contributed by atoms with Crippen LogP contribution in [0.15, 0.2) is 54.8 Å². The van der Waals surface area contributed by atoms with E-state index >= 15 is 0 Å². The summed E-state index contributed by atoms with van der Waals surface area (Å²) in [6.45, 7) is 7.07. The minimum absolute atomic E-state index is 0.00967. The molecule has 10 heteroatoms. The van der Waals surface area contributed by atoms with Gasteiger partial charge in [-0.2, -0.15) is 5.26 Å². The minimum atomic E-state index is -1.14. The van der Waals surface area contributed by atoms with Crippen LogP contribution in [0.2, 0.25) is 5.02 Å². The molecular weight excluding hydrogens is 471 g/mol. The lowest BCUT2D eigenvalue weighted by Crippen LogP contribution is -2.45. The van der Waals surface area contributed by atoms with Gasteiger partial charge in [0.1, 0.15) is 13.9 Å². The van der Waals surface area contributed by atoms with Crippen LogP contribution in [0.25, 0.3) is 10.9 Å². The van der Waals surface area contributed by atoms with Crippen molar-refractivity contribution in [3.05, 3.63) is 70.9 Å². The number of hydrogen-bond acceptors (Lipinski definition) is 8. The Morgan fingerprint density at radius 3 is 2.75 bits per heavy atom. The van der Waals surface area contributed by atoms with Gasteiger partial charge in [-0.05, 0) is 42.0 Å². The number of anilines is 2. The maximum atomic E-state index is 9.77. The summed E-state index contributed by atoms with van der Waals surface area (Å²) in [7, 11) is 7.07. The Bertz CT molecular complexity index is 1360. The number of halogens is 1. The van der Waals surface area contributed by atoms with Gasteiger partial charge in [-0.1, -0.05) is 38.4 Å². The number of aromatic nitrogens is 2. The molecule has 8 nitrogen and oxygen atoms in total. The molecule has 36 heavy (non-hydrogen) atoms. The average molecular weight is 499 g/mol. The van der Waals surface area contributed by atoms with E-state index in [1.165, 1.54) is 0 Å². The Balaban J connectivity index is 1.59. The van der Waals surface area contributed by atoms with Crippen molar-refractivity contribution in [2.45, 2.75) is 45.1 Å². The fraction of sp³-hybridized carbons (Fsp3) is 0.346. The summed E-state index contributed by atoms with van der Waals surface area (Å²) in [5.74, 6) is 0. The Morgan fingerprint density at radius 2 is 2.08 bits per heavy atom. The molecule has 2 radical (unpaired) electrons. The van der Waals surface area contributed by atoms with E-state index in [0.29, 0.717) is 40.1 Å². The van der Waals surface area contributed by atoms with Crippen molar-refractivity contribution in [2.24, 2.45) is 5.41 Å². The lowest BCUT2D eigenvalue weighted by atomic mass is 9.70. The van der Waals surface area contributed by atoms with E-state index in [9.17, 15) is 5.26 Å². The van der Waals surface area contributed by atoms with Crippen LogP contribution in [-0.2, 0) is 5.44 Å². The van der Waals surface area contributed by atoms with Gasteiger partial charge >= 0.3 is 0 Å². The van der Waals surface area contributed by atoms with Crippen LogP contribution in [-0.4, -0.2) is 35.4 Å². The number of benzene rings is 1. The van der Waals surface area contributed by atoms with Crippen LogP contribution in [0.3, 0.4) is 0 Å². The molecule has 182 valence electrons. The van der Waals surface area contributed by atoms with Gasteiger partial charge in [0.2, 0.25) is 0 Å². The summed E-state index contributed by atoms with van der Waals surface area (Å²) in [4.78, 5) is 8.75. The first-order valence-corrected chi connectivity index (χ1v) is 12.3. The van der Waals surface area contributed by atoms with Crippen molar-refractivity contribution in [3.63, 3.8) is 0 Å². The van der Waals surface area contributed by atoms with Gasteiger partial charge in [0.05, 0.1) is 32.9 Å². The highest BCUT2D eigenvalue weighted by molar-refractivity contribution is 6.36. The molecule has 1 aliphatic carbocycles. The smallest absolute Gasteiger partial charge is 0.119 e. The van der Waals surface area contributed by atoms with Gasteiger partial charge in [0.25, 0.3) is 0 Å². The van der Waals surface area contributed by atoms with Crippen LogP contribution >= 0.6 is 11.6 Å². The zero-order valence-electron chi connectivity index (χ0n) is 20.6. The number of nitriles is 1. The van der Waals surface area contributed by atoms with Crippen molar-refractivity contribution < 1.29 is 0 Å². The SMILES string of the molecule is [B]C(Nc1cc(Cl)c2ncc(C#N)c(NCC(C)(C)C)c2c1)(C1=CN(C2CC2)NN1)c1cccnc1. The maximum Gasteiger partial charge on any atom is 0.119 e. The summed E-state index contributed by atoms with van der Waals surface area (Å²) < 4.78 is 0. The molecule has 0 amide bonds. The molecule has 0 saturated heterocycles. The van der Waals surface area contributed by atoms with Crippen molar-refractivity contribution in [1.82, 2.24) is 25.9 Å². The fourth-order valence-corrected chi connectivity index (χ4v) is 4.43. The summed E-state index contributed by atoms with van der Waals surface area (Å²) in [5, 5.41) is 19.9. The van der Waals surface area contributed by atoms with Crippen LogP contribution in [0.4, 0.5) is 11.4 Å². The molecule has 1 aromatic carbocycles. The average Bonchev–Trinajstić information content (AvgIpc) is 3.58. The molecule has 0 spiro atoms. The second-order valence-electron chi connectivity index (χ2n) is 10.5. The molecule has 0 bridgehead atoms. The monoisotopic (exact) mass is 498 g/mol. The third kappa shape index (κ3) is 4.79. The number of hydrogen-bond donors (Lipinski definition) is 4. The third-order valence-corrected chi connectivity index (χ3v) is 6.54. The largest absolute Gasteiger partial charge is 0.383 e. The molecule has 1 aliphatic heterocycles. The van der Waals surface area contributed by atoms with Gasteiger partial charge in [0.15, 0.2) is 0 Å². The van der Waals surface area contributed by atoms with Crippen molar-refractivity contribution in [1.29, 1.82) is 5.26 Å². The summed E-state index contributed by atoms with van der Waals surface area (Å²) in [5.41, 5.74) is 9.26. The molecule has 2 aliphatic rings. The highest BCUT2D eigenvalue weighted by Crippen LogP contribution is 2.38. The predicted octanol–water partition coefficient (Wildman–Crippen LogP) is 4.37. The van der Waals surface area contributed by atoms with Gasteiger partial charge in [-0.15, -0.1) is 5.53 Å². The number of nitrogens with one attached hydrogen (secondary N) is 4. The van der Waals surface area contributed by atoms with Gasteiger partial charge in [-0.3, -0.25) is 15.0 Å². The molecule has 3 heterocycles. The maximum absolute atomic E-state index is 9.77. The number of rotatable bonds is 7. The van der Waals surface area contributed by atoms with Crippen molar-refractivity contribution in [2.75, 3.05) is 17.2 Å². The first-order valence-electron chi connectivity index (χ1n) is 11.9. The molecule has 1 fully saturated rings. The van der Waals surface area contributed by atoms with E-state index in [1.54, 1.807) is 24.7 Å². The zero-order chi connectivity index (χ0) is 25.5. The molecule has 1 saturated carbocycles. The minimum Gasteiger partial charge on any atom is -0.383 e. The van der Waals surface area contributed by atoms with Crippen LogP contribution in [0.5, 0.6) is 0 Å². The van der Waals surface area contributed by atoms with Crippen LogP contribution in [0, 0.1) is 16.7 Å². The Hall–Kier alpha value is -3.48. The van der Waals surface area contributed by atoms with E-state index in [2.05, 4.69) is 58.4 Å². The van der Waals surface area contributed by atoms with Gasteiger partial charge in [0, 0.05) is 48.5 Å². The van der Waals surface area contributed by atoms with Gasteiger partial charge in [-0.25, -0.2) is 0 Å². The van der Waals surface area contributed by atoms with Crippen LogP contribution < -0.4 is 21.6 Å². The molecular formula is C26H28BClN8. The summed E-state index contributed by atoms with van der Waals surface area (Å²) in [6.07, 6.45) is 9.27. The third-order valence-electron chi connectivity index (χ3n) is 6.25. The number of pyridine rings is 2. The predicted molar refractivity (Wildman–Crippen MR) is 144 cm³/mol. The molecule has 5 rings (SSSR count). The zero-order valence-corrected chi connectivity index (χ0v) is 21.3. The molecule has 1 atom stereocenters.